The molecule has 2 aromatic rings. The molecule has 7 nitrogen and oxygen atoms in total. The van der Waals surface area contributed by atoms with E-state index in [0.29, 0.717) is 19.6 Å². The van der Waals surface area contributed by atoms with Gasteiger partial charge in [-0.05, 0) is 50.1 Å². The van der Waals surface area contributed by atoms with Gasteiger partial charge >= 0.3 is 5.69 Å². The number of halogens is 1. The molecule has 3 rings (SSSR count). The van der Waals surface area contributed by atoms with E-state index in [4.69, 9.17) is 4.74 Å². The maximum Gasteiger partial charge on any atom is 0.311 e. The maximum atomic E-state index is 13.1. The number of piperazine rings is 1. The molecule has 1 fully saturated rings. The summed E-state index contributed by atoms with van der Waals surface area (Å²) in [5.74, 6) is -0.371. The Labute approximate surface area is 175 Å². The number of amides is 1. The summed E-state index contributed by atoms with van der Waals surface area (Å²) in [6.45, 7) is 7.40. The Kier molecular flexibility index (Phi) is 6.66. The van der Waals surface area contributed by atoms with Gasteiger partial charge in [-0.1, -0.05) is 18.2 Å². The fraction of sp³-hybridized carbons (Fsp3) is 0.409. The number of ether oxygens (including phenoxy) is 1. The zero-order chi connectivity index (χ0) is 21.8. The Morgan fingerprint density at radius 3 is 2.53 bits per heavy atom. The van der Waals surface area contributed by atoms with E-state index in [1.54, 1.807) is 30.0 Å². The van der Waals surface area contributed by atoms with Crippen molar-refractivity contribution in [2.24, 2.45) is 0 Å². The lowest BCUT2D eigenvalue weighted by atomic mass is 10.1. The van der Waals surface area contributed by atoms with Crippen molar-refractivity contribution in [3.05, 3.63) is 69.5 Å². The van der Waals surface area contributed by atoms with Crippen molar-refractivity contribution in [1.29, 1.82) is 0 Å². The number of hydrogen-bond acceptors (Lipinski definition) is 5. The summed E-state index contributed by atoms with van der Waals surface area (Å²) >= 11 is 0. The summed E-state index contributed by atoms with van der Waals surface area (Å²) < 4.78 is 18.6. The second-order valence-electron chi connectivity index (χ2n) is 7.82. The van der Waals surface area contributed by atoms with E-state index >= 15 is 0 Å². The van der Waals surface area contributed by atoms with Crippen LogP contribution in [0.4, 0.5) is 10.1 Å². The van der Waals surface area contributed by atoms with E-state index in [2.05, 4.69) is 4.90 Å². The van der Waals surface area contributed by atoms with Crippen molar-refractivity contribution in [1.82, 2.24) is 9.80 Å². The molecule has 0 bridgehead atoms. The maximum absolute atomic E-state index is 13.1. The minimum absolute atomic E-state index is 0.0363. The summed E-state index contributed by atoms with van der Waals surface area (Å²) in [6, 6.07) is 11.2. The van der Waals surface area contributed by atoms with Crippen molar-refractivity contribution in [3.63, 3.8) is 0 Å². The Morgan fingerprint density at radius 1 is 1.17 bits per heavy atom. The molecule has 0 spiro atoms. The molecule has 1 saturated heterocycles. The van der Waals surface area contributed by atoms with Crippen molar-refractivity contribution in [2.75, 3.05) is 19.7 Å². The summed E-state index contributed by atoms with van der Waals surface area (Å²) in [5, 5.41) is 11.2. The molecule has 0 aliphatic carbocycles. The van der Waals surface area contributed by atoms with Crippen molar-refractivity contribution in [2.45, 2.75) is 39.4 Å². The second kappa shape index (κ2) is 9.21. The van der Waals surface area contributed by atoms with E-state index in [0.717, 1.165) is 11.1 Å². The minimum Gasteiger partial charge on any atom is -0.477 e. The van der Waals surface area contributed by atoms with Gasteiger partial charge in [-0.25, -0.2) is 4.39 Å². The SMILES string of the molecule is Cc1ccc(OCC(=O)N2C[C@@H](C)N(Cc3ccc(F)cc3)C[C@@H]2C)c([N+](=O)[O-])c1. The van der Waals surface area contributed by atoms with Gasteiger partial charge < -0.3 is 9.64 Å². The molecule has 1 aliphatic heterocycles. The lowest BCUT2D eigenvalue weighted by Gasteiger charge is -2.44. The molecule has 160 valence electrons. The number of aryl methyl sites for hydroxylation is 1. The van der Waals surface area contributed by atoms with Crippen LogP contribution in [-0.2, 0) is 11.3 Å². The third kappa shape index (κ3) is 5.13. The second-order valence-corrected chi connectivity index (χ2v) is 7.82. The molecule has 2 aromatic carbocycles. The monoisotopic (exact) mass is 415 g/mol. The number of carbonyl (C=O) groups is 1. The first-order chi connectivity index (χ1) is 14.2. The van der Waals surface area contributed by atoms with Gasteiger partial charge in [-0.3, -0.25) is 19.8 Å². The largest absolute Gasteiger partial charge is 0.477 e. The summed E-state index contributed by atoms with van der Waals surface area (Å²) in [6.07, 6.45) is 0. The van der Waals surface area contributed by atoms with E-state index in [1.807, 2.05) is 13.8 Å². The first kappa shape index (κ1) is 21.7. The number of nitro groups is 1. The summed E-state index contributed by atoms with van der Waals surface area (Å²) in [7, 11) is 0. The van der Waals surface area contributed by atoms with E-state index in [9.17, 15) is 19.3 Å². The third-order valence-electron chi connectivity index (χ3n) is 5.40. The number of nitro benzene ring substituents is 1. The van der Waals surface area contributed by atoms with E-state index in [1.165, 1.54) is 24.3 Å². The van der Waals surface area contributed by atoms with Crippen LogP contribution in [0.1, 0.15) is 25.0 Å². The number of benzene rings is 2. The summed E-state index contributed by atoms with van der Waals surface area (Å²) in [4.78, 5) is 27.5. The normalized spacial score (nSPS) is 19.5. The Hall–Kier alpha value is -3.00. The van der Waals surface area contributed by atoms with Gasteiger partial charge in [-0.2, -0.15) is 0 Å². The number of nitrogens with zero attached hydrogens (tertiary/aromatic N) is 3. The molecule has 30 heavy (non-hydrogen) atoms. The van der Waals surface area contributed by atoms with Gasteiger partial charge in [0.1, 0.15) is 5.82 Å². The van der Waals surface area contributed by atoms with Gasteiger partial charge in [0.2, 0.25) is 0 Å². The van der Waals surface area contributed by atoms with Crippen LogP contribution in [-0.4, -0.2) is 52.4 Å². The average molecular weight is 415 g/mol. The fourth-order valence-corrected chi connectivity index (χ4v) is 3.70. The Balaban J connectivity index is 1.60. The van der Waals surface area contributed by atoms with Crippen LogP contribution >= 0.6 is 0 Å². The zero-order valence-electron chi connectivity index (χ0n) is 17.4. The number of hydrogen-bond donors (Lipinski definition) is 0. The molecular formula is C22H26FN3O4. The van der Waals surface area contributed by atoms with Crippen LogP contribution in [0.15, 0.2) is 42.5 Å². The highest BCUT2D eigenvalue weighted by Gasteiger charge is 2.32. The van der Waals surface area contributed by atoms with Crippen LogP contribution in [0.2, 0.25) is 0 Å². The quantitative estimate of drug-likeness (QED) is 0.533. The lowest BCUT2D eigenvalue weighted by molar-refractivity contribution is -0.385. The van der Waals surface area contributed by atoms with Crippen LogP contribution in [0.5, 0.6) is 5.75 Å². The molecule has 0 radical (unpaired) electrons. The predicted molar refractivity (Wildman–Crippen MR) is 111 cm³/mol. The first-order valence-corrected chi connectivity index (χ1v) is 9.90. The standard InChI is InChI=1S/C22H26FN3O4/c1-15-4-9-21(20(10-15)26(28)29)30-14-22(27)25-12-16(2)24(11-17(25)3)13-18-5-7-19(23)8-6-18/h4-10,16-17H,11-14H2,1-3H3/t16-,17+/m1/s1. The smallest absolute Gasteiger partial charge is 0.311 e. The van der Waals surface area contributed by atoms with Crippen molar-refractivity contribution >= 4 is 11.6 Å². The van der Waals surface area contributed by atoms with Crippen LogP contribution in [0.25, 0.3) is 0 Å². The molecule has 1 heterocycles. The lowest BCUT2D eigenvalue weighted by Crippen LogP contribution is -2.58. The third-order valence-corrected chi connectivity index (χ3v) is 5.40. The molecule has 0 aromatic heterocycles. The predicted octanol–water partition coefficient (Wildman–Crippen LogP) is 3.54. The Bertz CT molecular complexity index is 919. The first-order valence-electron chi connectivity index (χ1n) is 9.90. The van der Waals surface area contributed by atoms with Gasteiger partial charge in [0.25, 0.3) is 5.91 Å². The highest BCUT2D eigenvalue weighted by molar-refractivity contribution is 5.78. The van der Waals surface area contributed by atoms with Gasteiger partial charge in [0.05, 0.1) is 4.92 Å². The van der Waals surface area contributed by atoms with Crippen LogP contribution in [0, 0.1) is 22.9 Å². The van der Waals surface area contributed by atoms with Crippen LogP contribution < -0.4 is 4.74 Å². The highest BCUT2D eigenvalue weighted by Crippen LogP contribution is 2.28. The summed E-state index contributed by atoms with van der Waals surface area (Å²) in [5.41, 5.74) is 1.62. The van der Waals surface area contributed by atoms with E-state index in [-0.39, 0.29) is 41.9 Å². The Morgan fingerprint density at radius 2 is 1.87 bits per heavy atom. The molecule has 8 heteroatoms. The molecule has 2 atom stereocenters. The molecule has 0 N–H and O–H groups in total. The zero-order valence-corrected chi connectivity index (χ0v) is 17.4. The minimum atomic E-state index is -0.508. The highest BCUT2D eigenvalue weighted by atomic mass is 19.1. The van der Waals surface area contributed by atoms with Gasteiger partial charge in [0, 0.05) is 37.8 Å². The topological polar surface area (TPSA) is 75.9 Å². The molecule has 1 amide bonds. The van der Waals surface area contributed by atoms with Crippen molar-refractivity contribution < 1.29 is 18.8 Å². The molecule has 0 unspecified atom stereocenters. The molecule has 0 saturated carbocycles. The fourth-order valence-electron chi connectivity index (χ4n) is 3.70. The van der Waals surface area contributed by atoms with E-state index < -0.39 is 4.92 Å². The number of rotatable bonds is 6. The van der Waals surface area contributed by atoms with Gasteiger partial charge in [0.15, 0.2) is 12.4 Å². The molecular weight excluding hydrogens is 389 g/mol. The van der Waals surface area contributed by atoms with Gasteiger partial charge in [-0.15, -0.1) is 0 Å². The average Bonchev–Trinajstić information content (AvgIpc) is 2.70. The van der Waals surface area contributed by atoms with Crippen molar-refractivity contribution in [3.8, 4) is 5.75 Å². The number of carbonyl (C=O) groups excluding carboxylic acids is 1. The van der Waals surface area contributed by atoms with Crippen LogP contribution in [0.3, 0.4) is 0 Å². The molecule has 1 aliphatic rings.